The second-order valence-corrected chi connectivity index (χ2v) is 5.70. The number of halogens is 1. The fourth-order valence-corrected chi connectivity index (χ4v) is 2.61. The summed E-state index contributed by atoms with van der Waals surface area (Å²) in [6.07, 6.45) is 1.48. The molecule has 1 aliphatic rings. The van der Waals surface area contributed by atoms with Crippen LogP contribution in [0, 0.1) is 5.82 Å². The van der Waals surface area contributed by atoms with Crippen molar-refractivity contribution in [2.24, 2.45) is 5.73 Å². The summed E-state index contributed by atoms with van der Waals surface area (Å²) in [4.78, 5) is 32.7. The van der Waals surface area contributed by atoms with Crippen molar-refractivity contribution in [3.63, 3.8) is 0 Å². The van der Waals surface area contributed by atoms with E-state index >= 15 is 0 Å². The van der Waals surface area contributed by atoms with Crippen LogP contribution in [0.1, 0.15) is 10.4 Å². The highest BCUT2D eigenvalue weighted by Gasteiger charge is 2.18. The van der Waals surface area contributed by atoms with Gasteiger partial charge in [0.05, 0.1) is 5.56 Å². The summed E-state index contributed by atoms with van der Waals surface area (Å²) in [7, 11) is 0. The first kappa shape index (κ1) is 17.4. The number of nitrogens with zero attached hydrogens (tertiary/aromatic N) is 3. The molecule has 1 aliphatic heterocycles. The number of amides is 3. The van der Waals surface area contributed by atoms with Gasteiger partial charge in [-0.15, -0.1) is 0 Å². The van der Waals surface area contributed by atoms with Crippen LogP contribution in [0.2, 0.25) is 0 Å². The van der Waals surface area contributed by atoms with E-state index in [0.717, 1.165) is 6.07 Å². The fourth-order valence-electron chi connectivity index (χ4n) is 2.61. The quantitative estimate of drug-likeness (QED) is 0.589. The monoisotopic (exact) mass is 359 g/mol. The van der Waals surface area contributed by atoms with E-state index in [0.29, 0.717) is 43.3 Å². The number of rotatable bonds is 6. The minimum atomic E-state index is -0.868. The van der Waals surface area contributed by atoms with Crippen molar-refractivity contribution in [1.29, 1.82) is 0 Å². The molecule has 0 spiro atoms. The zero-order valence-electron chi connectivity index (χ0n) is 13.8. The number of hydrogen-bond donors (Lipinski definition) is 4. The Hall–Kier alpha value is -3.43. The van der Waals surface area contributed by atoms with Gasteiger partial charge in [-0.1, -0.05) is 6.07 Å². The molecule has 0 radical (unpaired) electrons. The second-order valence-electron chi connectivity index (χ2n) is 5.70. The molecule has 3 amide bonds. The molecule has 26 heavy (non-hydrogen) atoms. The van der Waals surface area contributed by atoms with E-state index in [2.05, 4.69) is 20.6 Å². The highest BCUT2D eigenvalue weighted by Crippen LogP contribution is 2.26. The molecule has 0 unspecified atom stereocenters. The molecule has 0 aliphatic carbocycles. The minimum absolute atomic E-state index is 0.0934. The van der Waals surface area contributed by atoms with Gasteiger partial charge in [-0.2, -0.15) is 4.98 Å². The summed E-state index contributed by atoms with van der Waals surface area (Å²) in [5, 5.41) is 5.71. The topological polar surface area (TPSA) is 139 Å². The maximum absolute atomic E-state index is 13.6. The first-order valence-corrected chi connectivity index (χ1v) is 7.94. The lowest BCUT2D eigenvalue weighted by atomic mass is 10.0. The molecule has 136 valence electrons. The maximum atomic E-state index is 13.6. The molecule has 0 atom stereocenters. The molecular weight excluding hydrogens is 341 g/mol. The number of urea groups is 1. The third kappa shape index (κ3) is 3.63. The largest absolute Gasteiger partial charge is 0.383 e. The van der Waals surface area contributed by atoms with Crippen molar-refractivity contribution in [1.82, 2.24) is 20.2 Å². The SMILES string of the molecule is NC(=O)c1cc(-c2cnc(NCCN3CCNC3=O)nc2N)ccc1F. The first-order valence-electron chi connectivity index (χ1n) is 7.94. The summed E-state index contributed by atoms with van der Waals surface area (Å²) >= 11 is 0. The van der Waals surface area contributed by atoms with Crippen LogP contribution in [0.4, 0.5) is 21.0 Å². The molecule has 1 fully saturated rings. The van der Waals surface area contributed by atoms with Crippen LogP contribution in [-0.2, 0) is 0 Å². The molecule has 1 aromatic heterocycles. The lowest BCUT2D eigenvalue weighted by Gasteiger charge is -2.14. The van der Waals surface area contributed by atoms with E-state index in [-0.39, 0.29) is 17.4 Å². The van der Waals surface area contributed by atoms with Crippen molar-refractivity contribution in [2.45, 2.75) is 0 Å². The molecule has 0 bridgehead atoms. The summed E-state index contributed by atoms with van der Waals surface area (Å²) in [5.41, 5.74) is 11.8. The van der Waals surface area contributed by atoms with Crippen molar-refractivity contribution in [3.05, 3.63) is 35.8 Å². The average molecular weight is 359 g/mol. The van der Waals surface area contributed by atoms with Crippen LogP contribution < -0.4 is 22.1 Å². The Morgan fingerprint density at radius 1 is 1.42 bits per heavy atom. The third-order valence-corrected chi connectivity index (χ3v) is 3.97. The standard InChI is InChI=1S/C16H18FN7O2/c17-12-2-1-9(7-10(12)14(19)25)11-8-22-15(23-13(11)18)20-3-5-24-6-4-21-16(24)26/h1-2,7-8H,3-6H2,(H2,19,25)(H,21,26)(H3,18,20,22,23). The predicted molar refractivity (Wildman–Crippen MR) is 93.8 cm³/mol. The lowest BCUT2D eigenvalue weighted by molar-refractivity contribution is 0.0996. The van der Waals surface area contributed by atoms with Gasteiger partial charge in [0.1, 0.15) is 11.6 Å². The Balaban J connectivity index is 1.70. The second kappa shape index (κ2) is 7.21. The molecule has 1 saturated heterocycles. The van der Waals surface area contributed by atoms with Gasteiger partial charge < -0.3 is 27.0 Å². The van der Waals surface area contributed by atoms with E-state index in [1.807, 2.05) is 0 Å². The van der Waals surface area contributed by atoms with Crippen LogP contribution in [-0.4, -0.2) is 53.0 Å². The predicted octanol–water partition coefficient (Wildman–Crippen LogP) is 0.401. The van der Waals surface area contributed by atoms with E-state index in [1.165, 1.54) is 18.3 Å². The molecule has 2 aromatic rings. The van der Waals surface area contributed by atoms with Gasteiger partial charge in [-0.25, -0.2) is 14.2 Å². The van der Waals surface area contributed by atoms with Gasteiger partial charge in [0, 0.05) is 37.9 Å². The molecule has 0 saturated carbocycles. The highest BCUT2D eigenvalue weighted by atomic mass is 19.1. The summed E-state index contributed by atoms with van der Waals surface area (Å²) in [5.74, 6) is -1.09. The summed E-state index contributed by atoms with van der Waals surface area (Å²) in [6, 6.07) is 3.83. The summed E-state index contributed by atoms with van der Waals surface area (Å²) in [6.45, 7) is 2.28. The zero-order valence-corrected chi connectivity index (χ0v) is 13.8. The number of hydrogen-bond acceptors (Lipinski definition) is 6. The number of nitrogens with two attached hydrogens (primary N) is 2. The third-order valence-electron chi connectivity index (χ3n) is 3.97. The molecular formula is C16H18FN7O2. The molecule has 3 rings (SSSR count). The smallest absolute Gasteiger partial charge is 0.317 e. The number of nitrogen functional groups attached to an aromatic ring is 1. The van der Waals surface area contributed by atoms with Crippen LogP contribution in [0.3, 0.4) is 0 Å². The number of carbonyl (C=O) groups is 2. The zero-order chi connectivity index (χ0) is 18.7. The van der Waals surface area contributed by atoms with Crippen molar-refractivity contribution >= 4 is 23.7 Å². The van der Waals surface area contributed by atoms with E-state index < -0.39 is 11.7 Å². The number of primary amides is 1. The van der Waals surface area contributed by atoms with Gasteiger partial charge in [0.2, 0.25) is 5.95 Å². The molecule has 9 nitrogen and oxygen atoms in total. The summed E-state index contributed by atoms with van der Waals surface area (Å²) < 4.78 is 13.6. The Labute approximate surface area is 148 Å². The van der Waals surface area contributed by atoms with Crippen LogP contribution in [0.5, 0.6) is 0 Å². The van der Waals surface area contributed by atoms with Gasteiger partial charge in [0.15, 0.2) is 0 Å². The maximum Gasteiger partial charge on any atom is 0.317 e. The van der Waals surface area contributed by atoms with Crippen molar-refractivity contribution < 1.29 is 14.0 Å². The Morgan fingerprint density at radius 3 is 2.88 bits per heavy atom. The highest BCUT2D eigenvalue weighted by molar-refractivity contribution is 5.94. The molecule has 1 aromatic carbocycles. The van der Waals surface area contributed by atoms with Gasteiger partial charge in [-0.05, 0) is 17.7 Å². The van der Waals surface area contributed by atoms with Crippen molar-refractivity contribution in [3.8, 4) is 11.1 Å². The van der Waals surface area contributed by atoms with Gasteiger partial charge in [-0.3, -0.25) is 4.79 Å². The van der Waals surface area contributed by atoms with E-state index in [1.54, 1.807) is 4.90 Å². The number of aromatic nitrogens is 2. The normalized spacial score (nSPS) is 13.6. The Bertz CT molecular complexity index is 858. The average Bonchev–Trinajstić information content (AvgIpc) is 3.01. The number of anilines is 2. The van der Waals surface area contributed by atoms with Crippen molar-refractivity contribution in [2.75, 3.05) is 37.2 Å². The first-order chi connectivity index (χ1) is 12.5. The lowest BCUT2D eigenvalue weighted by Crippen LogP contribution is -2.32. The van der Waals surface area contributed by atoms with Gasteiger partial charge >= 0.3 is 6.03 Å². The molecule has 2 heterocycles. The van der Waals surface area contributed by atoms with Crippen LogP contribution in [0.15, 0.2) is 24.4 Å². The van der Waals surface area contributed by atoms with Crippen LogP contribution in [0.25, 0.3) is 11.1 Å². The Kier molecular flexibility index (Phi) is 4.83. The number of carbonyl (C=O) groups excluding carboxylic acids is 2. The number of nitrogens with one attached hydrogen (secondary N) is 2. The van der Waals surface area contributed by atoms with Crippen LogP contribution >= 0.6 is 0 Å². The van der Waals surface area contributed by atoms with E-state index in [9.17, 15) is 14.0 Å². The molecule has 10 heteroatoms. The van der Waals surface area contributed by atoms with Gasteiger partial charge in [0.25, 0.3) is 5.91 Å². The Morgan fingerprint density at radius 2 is 2.23 bits per heavy atom. The molecule has 6 N–H and O–H groups in total. The van der Waals surface area contributed by atoms with E-state index in [4.69, 9.17) is 11.5 Å². The number of benzene rings is 1. The fraction of sp³-hybridized carbons (Fsp3) is 0.250. The minimum Gasteiger partial charge on any atom is -0.383 e.